The third-order valence-corrected chi connectivity index (χ3v) is 5.62. The van der Waals surface area contributed by atoms with Crippen LogP contribution in [-0.2, 0) is 17.9 Å². The summed E-state index contributed by atoms with van der Waals surface area (Å²) in [5.41, 5.74) is 1.51. The first-order chi connectivity index (χ1) is 14.5. The molecule has 0 saturated heterocycles. The number of thioether (sulfide) groups is 1. The molecule has 1 aromatic heterocycles. The lowest BCUT2D eigenvalue weighted by atomic mass is 10.2. The summed E-state index contributed by atoms with van der Waals surface area (Å²) in [5, 5.41) is 12.7. The highest BCUT2D eigenvalue weighted by Crippen LogP contribution is 2.26. The summed E-state index contributed by atoms with van der Waals surface area (Å²) in [6, 6.07) is 12.7. The molecule has 0 aliphatic heterocycles. The number of hydrogen-bond donors (Lipinski definition) is 1. The van der Waals surface area contributed by atoms with Gasteiger partial charge in [0.1, 0.15) is 12.4 Å². The molecule has 0 bridgehead atoms. The van der Waals surface area contributed by atoms with Gasteiger partial charge in [-0.15, -0.1) is 16.8 Å². The summed E-state index contributed by atoms with van der Waals surface area (Å²) in [7, 11) is 0. The van der Waals surface area contributed by atoms with E-state index in [0.29, 0.717) is 33.3 Å². The van der Waals surface area contributed by atoms with Crippen LogP contribution in [-0.4, -0.2) is 26.4 Å². The average molecular weight is 463 g/mol. The van der Waals surface area contributed by atoms with Crippen molar-refractivity contribution in [2.45, 2.75) is 25.2 Å². The molecular formula is C21H20Cl2N4O2S. The van der Waals surface area contributed by atoms with E-state index in [1.54, 1.807) is 24.3 Å². The van der Waals surface area contributed by atoms with Crippen molar-refractivity contribution in [3.63, 3.8) is 0 Å². The van der Waals surface area contributed by atoms with Crippen molar-refractivity contribution in [3.8, 4) is 5.75 Å². The Hall–Kier alpha value is -2.48. The fourth-order valence-corrected chi connectivity index (χ4v) is 3.72. The van der Waals surface area contributed by atoms with E-state index in [2.05, 4.69) is 22.1 Å². The van der Waals surface area contributed by atoms with Crippen molar-refractivity contribution in [3.05, 3.63) is 76.6 Å². The standard InChI is InChI=1S/C21H20Cl2N4O2S/c1-3-10-27-19(12-29-18-7-5-4-6-14(18)2)25-26-21(27)30-13-20(28)24-17-11-15(22)8-9-16(17)23/h3-9,11H,1,10,12-13H2,2H3,(H,24,28). The van der Waals surface area contributed by atoms with Gasteiger partial charge >= 0.3 is 0 Å². The number of halogens is 2. The van der Waals surface area contributed by atoms with Gasteiger partial charge in [0.25, 0.3) is 0 Å². The topological polar surface area (TPSA) is 69.0 Å². The molecule has 0 unspecified atom stereocenters. The number of anilines is 1. The molecule has 6 nitrogen and oxygen atoms in total. The lowest BCUT2D eigenvalue weighted by Crippen LogP contribution is -2.15. The number of hydrogen-bond acceptors (Lipinski definition) is 5. The number of aromatic nitrogens is 3. The smallest absolute Gasteiger partial charge is 0.234 e. The van der Waals surface area contributed by atoms with Gasteiger partial charge in [0.2, 0.25) is 5.91 Å². The highest BCUT2D eigenvalue weighted by molar-refractivity contribution is 7.99. The number of benzene rings is 2. The zero-order valence-corrected chi connectivity index (χ0v) is 18.6. The van der Waals surface area contributed by atoms with E-state index in [4.69, 9.17) is 27.9 Å². The van der Waals surface area contributed by atoms with Crippen LogP contribution in [0.2, 0.25) is 10.0 Å². The Morgan fingerprint density at radius 2 is 2.07 bits per heavy atom. The first kappa shape index (κ1) is 22.2. The fraction of sp³-hybridized carbons (Fsp3) is 0.190. The van der Waals surface area contributed by atoms with Gasteiger partial charge in [-0.05, 0) is 36.8 Å². The Bertz CT molecular complexity index is 1060. The first-order valence-electron chi connectivity index (χ1n) is 9.07. The first-order valence-corrected chi connectivity index (χ1v) is 10.8. The van der Waals surface area contributed by atoms with Crippen molar-refractivity contribution < 1.29 is 9.53 Å². The van der Waals surface area contributed by atoms with Crippen LogP contribution >= 0.6 is 35.0 Å². The Balaban J connectivity index is 1.64. The van der Waals surface area contributed by atoms with E-state index in [-0.39, 0.29) is 18.3 Å². The maximum atomic E-state index is 12.3. The van der Waals surface area contributed by atoms with Crippen molar-refractivity contribution in [2.75, 3.05) is 11.1 Å². The number of nitrogens with one attached hydrogen (secondary N) is 1. The monoisotopic (exact) mass is 462 g/mol. The Morgan fingerprint density at radius 1 is 1.27 bits per heavy atom. The van der Waals surface area contributed by atoms with Crippen LogP contribution in [0.1, 0.15) is 11.4 Å². The molecule has 0 aliphatic rings. The van der Waals surface area contributed by atoms with E-state index >= 15 is 0 Å². The van der Waals surface area contributed by atoms with Gasteiger partial charge in [-0.3, -0.25) is 9.36 Å². The van der Waals surface area contributed by atoms with E-state index in [9.17, 15) is 4.79 Å². The van der Waals surface area contributed by atoms with Gasteiger partial charge in [0.05, 0.1) is 16.5 Å². The van der Waals surface area contributed by atoms with E-state index in [0.717, 1.165) is 11.3 Å². The molecule has 0 radical (unpaired) electrons. The zero-order chi connectivity index (χ0) is 21.5. The molecule has 1 amide bonds. The maximum absolute atomic E-state index is 12.3. The molecule has 0 saturated carbocycles. The van der Waals surface area contributed by atoms with Crippen LogP contribution in [0, 0.1) is 6.92 Å². The Morgan fingerprint density at radius 3 is 2.83 bits per heavy atom. The van der Waals surface area contributed by atoms with Crippen LogP contribution in [0.4, 0.5) is 5.69 Å². The second-order valence-corrected chi connectivity index (χ2v) is 8.10. The van der Waals surface area contributed by atoms with Crippen molar-refractivity contribution >= 4 is 46.6 Å². The van der Waals surface area contributed by atoms with Crippen molar-refractivity contribution in [1.82, 2.24) is 14.8 Å². The summed E-state index contributed by atoms with van der Waals surface area (Å²) in [4.78, 5) is 12.3. The van der Waals surface area contributed by atoms with Gasteiger partial charge < -0.3 is 10.1 Å². The highest BCUT2D eigenvalue weighted by atomic mass is 35.5. The number of rotatable bonds is 9. The highest BCUT2D eigenvalue weighted by Gasteiger charge is 2.15. The molecule has 1 N–H and O–H groups in total. The minimum absolute atomic E-state index is 0.136. The second kappa shape index (κ2) is 10.5. The van der Waals surface area contributed by atoms with Crippen LogP contribution < -0.4 is 10.1 Å². The number of allylic oxidation sites excluding steroid dienone is 1. The molecule has 3 rings (SSSR count). The minimum Gasteiger partial charge on any atom is -0.485 e. The fourth-order valence-electron chi connectivity index (χ4n) is 2.62. The Kier molecular flexibility index (Phi) is 7.79. The molecule has 1 heterocycles. The molecule has 30 heavy (non-hydrogen) atoms. The Labute approximate surface area is 189 Å². The maximum Gasteiger partial charge on any atom is 0.234 e. The van der Waals surface area contributed by atoms with Crippen LogP contribution in [0.3, 0.4) is 0 Å². The predicted octanol–water partition coefficient (Wildman–Crippen LogP) is 5.39. The van der Waals surface area contributed by atoms with Gasteiger partial charge in [-0.1, -0.05) is 59.2 Å². The normalized spacial score (nSPS) is 10.6. The second-order valence-electron chi connectivity index (χ2n) is 6.31. The third-order valence-electron chi connectivity index (χ3n) is 4.09. The number of amides is 1. The number of para-hydroxylation sites is 1. The van der Waals surface area contributed by atoms with Gasteiger partial charge in [-0.2, -0.15) is 0 Å². The van der Waals surface area contributed by atoms with Crippen LogP contribution in [0.15, 0.2) is 60.3 Å². The summed E-state index contributed by atoms with van der Waals surface area (Å²) >= 11 is 13.3. The largest absolute Gasteiger partial charge is 0.485 e. The van der Waals surface area contributed by atoms with E-state index in [1.165, 1.54) is 11.8 Å². The van der Waals surface area contributed by atoms with Gasteiger partial charge in [0, 0.05) is 11.6 Å². The average Bonchev–Trinajstić information content (AvgIpc) is 3.10. The number of carbonyl (C=O) groups is 1. The van der Waals surface area contributed by atoms with Crippen LogP contribution in [0.25, 0.3) is 0 Å². The van der Waals surface area contributed by atoms with Crippen molar-refractivity contribution in [1.29, 1.82) is 0 Å². The molecule has 9 heteroatoms. The summed E-state index contributed by atoms with van der Waals surface area (Å²) in [6.45, 7) is 6.53. The molecular weight excluding hydrogens is 443 g/mol. The number of aryl methyl sites for hydroxylation is 1. The summed E-state index contributed by atoms with van der Waals surface area (Å²) < 4.78 is 7.75. The van der Waals surface area contributed by atoms with E-state index < -0.39 is 0 Å². The molecule has 156 valence electrons. The van der Waals surface area contributed by atoms with E-state index in [1.807, 2.05) is 35.8 Å². The summed E-state index contributed by atoms with van der Waals surface area (Å²) in [5.74, 6) is 1.35. The lowest BCUT2D eigenvalue weighted by molar-refractivity contribution is -0.113. The number of carbonyl (C=O) groups excluding carboxylic acids is 1. The molecule has 0 spiro atoms. The van der Waals surface area contributed by atoms with Crippen molar-refractivity contribution in [2.24, 2.45) is 0 Å². The minimum atomic E-state index is -0.227. The molecule has 0 atom stereocenters. The number of nitrogens with zero attached hydrogens (tertiary/aromatic N) is 3. The molecule has 3 aromatic rings. The summed E-state index contributed by atoms with van der Waals surface area (Å²) in [6.07, 6.45) is 1.75. The molecule has 2 aromatic carbocycles. The van der Waals surface area contributed by atoms with Crippen LogP contribution in [0.5, 0.6) is 5.75 Å². The SMILES string of the molecule is C=CCn1c(COc2ccccc2C)nnc1SCC(=O)Nc1cc(Cl)ccc1Cl. The molecule has 0 fully saturated rings. The zero-order valence-electron chi connectivity index (χ0n) is 16.3. The molecule has 0 aliphatic carbocycles. The third kappa shape index (κ3) is 5.78. The van der Waals surface area contributed by atoms with Gasteiger partial charge in [-0.25, -0.2) is 0 Å². The quantitative estimate of drug-likeness (QED) is 0.341. The van der Waals surface area contributed by atoms with Gasteiger partial charge in [0.15, 0.2) is 11.0 Å². The number of ether oxygens (including phenoxy) is 1. The lowest BCUT2D eigenvalue weighted by Gasteiger charge is -2.11. The predicted molar refractivity (Wildman–Crippen MR) is 122 cm³/mol.